The Morgan fingerprint density at radius 2 is 1.53 bits per heavy atom. The van der Waals surface area contributed by atoms with E-state index >= 15 is 0 Å². The molecule has 0 amide bonds. The topological polar surface area (TPSA) is 3.24 Å². The van der Waals surface area contributed by atoms with Gasteiger partial charge in [0, 0.05) is 5.54 Å². The Labute approximate surface area is 106 Å². The van der Waals surface area contributed by atoms with Crippen LogP contribution in [0, 0.1) is 6.92 Å². The van der Waals surface area contributed by atoms with E-state index in [1.54, 1.807) is 0 Å². The van der Waals surface area contributed by atoms with Crippen molar-refractivity contribution >= 4 is 0 Å². The maximum absolute atomic E-state index is 2.61. The summed E-state index contributed by atoms with van der Waals surface area (Å²) < 4.78 is 0. The largest absolute Gasteiger partial charge is 0.298 e. The maximum Gasteiger partial charge on any atom is 0.0125 e. The highest BCUT2D eigenvalue weighted by Gasteiger charge is 2.27. The molecule has 1 saturated heterocycles. The predicted octanol–water partition coefficient (Wildman–Crippen LogP) is 3.97. The summed E-state index contributed by atoms with van der Waals surface area (Å²) in [5.41, 5.74) is 3.23. The summed E-state index contributed by atoms with van der Waals surface area (Å²) >= 11 is 0. The molecule has 1 aromatic rings. The van der Waals surface area contributed by atoms with Crippen molar-refractivity contribution in [2.24, 2.45) is 0 Å². The summed E-state index contributed by atoms with van der Waals surface area (Å²) in [4.78, 5) is 2.61. The van der Waals surface area contributed by atoms with Crippen LogP contribution in [0.15, 0.2) is 24.3 Å². The number of piperidine rings is 1. The van der Waals surface area contributed by atoms with Gasteiger partial charge in [0.05, 0.1) is 0 Å². The molecule has 0 saturated carbocycles. The second-order valence-electron chi connectivity index (χ2n) is 6.34. The van der Waals surface area contributed by atoms with E-state index in [-0.39, 0.29) is 0 Å². The molecule has 0 aromatic heterocycles. The number of nitrogens with zero attached hydrogens (tertiary/aromatic N) is 1. The van der Waals surface area contributed by atoms with E-state index in [1.165, 1.54) is 37.1 Å². The molecular weight excluding hydrogens is 206 g/mol. The highest BCUT2D eigenvalue weighted by molar-refractivity contribution is 5.25. The van der Waals surface area contributed by atoms with Crippen LogP contribution in [0.2, 0.25) is 0 Å². The molecule has 1 aliphatic rings. The molecule has 0 bridgehead atoms. The second-order valence-corrected chi connectivity index (χ2v) is 6.34. The van der Waals surface area contributed by atoms with Crippen LogP contribution in [0.25, 0.3) is 0 Å². The molecule has 1 heteroatoms. The van der Waals surface area contributed by atoms with E-state index in [9.17, 15) is 0 Å². The Balaban J connectivity index is 1.97. The molecule has 1 nitrogen and oxygen atoms in total. The van der Waals surface area contributed by atoms with Gasteiger partial charge in [0.2, 0.25) is 0 Å². The highest BCUT2D eigenvalue weighted by atomic mass is 15.2. The van der Waals surface area contributed by atoms with Crippen LogP contribution in [0.5, 0.6) is 0 Å². The predicted molar refractivity (Wildman–Crippen MR) is 74.5 cm³/mol. The molecule has 0 N–H and O–H groups in total. The van der Waals surface area contributed by atoms with Crippen molar-refractivity contribution in [3.63, 3.8) is 0 Å². The van der Waals surface area contributed by atoms with Crippen LogP contribution in [-0.4, -0.2) is 23.5 Å². The van der Waals surface area contributed by atoms with Gasteiger partial charge in [-0.1, -0.05) is 29.8 Å². The van der Waals surface area contributed by atoms with Crippen molar-refractivity contribution < 1.29 is 0 Å². The number of hydrogen-bond donors (Lipinski definition) is 0. The molecule has 1 fully saturated rings. The lowest BCUT2D eigenvalue weighted by Gasteiger charge is -2.41. The zero-order valence-corrected chi connectivity index (χ0v) is 11.7. The lowest BCUT2D eigenvalue weighted by atomic mass is 9.87. The summed E-state index contributed by atoms with van der Waals surface area (Å²) in [5, 5.41) is 0. The molecule has 0 atom stereocenters. The van der Waals surface area contributed by atoms with Crippen LogP contribution in [-0.2, 0) is 0 Å². The number of aryl methyl sites for hydroxylation is 1. The SMILES string of the molecule is Cc1ccc(C2CCN(C(C)(C)C)CC2)cc1. The Bertz CT molecular complexity index is 350. The van der Waals surface area contributed by atoms with Gasteiger partial charge in [0.25, 0.3) is 0 Å². The molecule has 2 rings (SSSR count). The Morgan fingerprint density at radius 3 is 2.00 bits per heavy atom. The van der Waals surface area contributed by atoms with Crippen LogP contribution < -0.4 is 0 Å². The first-order chi connectivity index (χ1) is 7.97. The normalized spacial score (nSPS) is 19.5. The molecule has 0 spiro atoms. The summed E-state index contributed by atoms with van der Waals surface area (Å²) in [5.74, 6) is 0.772. The number of likely N-dealkylation sites (tertiary alicyclic amines) is 1. The zero-order chi connectivity index (χ0) is 12.5. The average Bonchev–Trinajstić information content (AvgIpc) is 2.29. The van der Waals surface area contributed by atoms with Gasteiger partial charge < -0.3 is 0 Å². The summed E-state index contributed by atoms with van der Waals surface area (Å²) in [6.07, 6.45) is 2.61. The van der Waals surface area contributed by atoms with Gasteiger partial charge in [-0.15, -0.1) is 0 Å². The fourth-order valence-electron chi connectivity index (χ4n) is 2.72. The fourth-order valence-corrected chi connectivity index (χ4v) is 2.72. The van der Waals surface area contributed by atoms with E-state index in [4.69, 9.17) is 0 Å². The van der Waals surface area contributed by atoms with E-state index < -0.39 is 0 Å². The first kappa shape index (κ1) is 12.6. The molecule has 17 heavy (non-hydrogen) atoms. The average molecular weight is 231 g/mol. The highest BCUT2D eigenvalue weighted by Crippen LogP contribution is 2.30. The molecule has 0 aliphatic carbocycles. The van der Waals surface area contributed by atoms with E-state index in [0.717, 1.165) is 5.92 Å². The minimum absolute atomic E-state index is 0.332. The first-order valence-corrected chi connectivity index (χ1v) is 6.78. The molecule has 0 radical (unpaired) electrons. The summed E-state index contributed by atoms with van der Waals surface area (Å²) in [6.45, 7) is 11.6. The van der Waals surface area contributed by atoms with Crippen LogP contribution in [0.3, 0.4) is 0 Å². The fraction of sp³-hybridized carbons (Fsp3) is 0.625. The zero-order valence-electron chi connectivity index (χ0n) is 11.7. The van der Waals surface area contributed by atoms with Crippen molar-refractivity contribution in [2.75, 3.05) is 13.1 Å². The molecule has 1 aromatic carbocycles. The Morgan fingerprint density at radius 1 is 1.00 bits per heavy atom. The minimum Gasteiger partial charge on any atom is -0.298 e. The third kappa shape index (κ3) is 3.10. The Kier molecular flexibility index (Phi) is 3.58. The minimum atomic E-state index is 0.332. The quantitative estimate of drug-likeness (QED) is 0.707. The smallest absolute Gasteiger partial charge is 0.0125 e. The first-order valence-electron chi connectivity index (χ1n) is 6.78. The number of benzene rings is 1. The Hall–Kier alpha value is -0.820. The number of rotatable bonds is 1. The summed E-state index contributed by atoms with van der Waals surface area (Å²) in [6, 6.07) is 9.11. The lowest BCUT2D eigenvalue weighted by Crippen LogP contribution is -2.45. The standard InChI is InChI=1S/C16H25N/c1-13-5-7-14(8-6-13)15-9-11-17(12-10-15)16(2,3)4/h5-8,15H,9-12H2,1-4H3. The number of hydrogen-bond acceptors (Lipinski definition) is 1. The van der Waals surface area contributed by atoms with Crippen LogP contribution in [0.1, 0.15) is 50.7 Å². The van der Waals surface area contributed by atoms with Gasteiger partial charge >= 0.3 is 0 Å². The van der Waals surface area contributed by atoms with Gasteiger partial charge in [-0.3, -0.25) is 4.90 Å². The van der Waals surface area contributed by atoms with Crippen LogP contribution >= 0.6 is 0 Å². The maximum atomic E-state index is 2.61. The van der Waals surface area contributed by atoms with Gasteiger partial charge in [0.1, 0.15) is 0 Å². The van der Waals surface area contributed by atoms with Gasteiger partial charge in [-0.05, 0) is 65.1 Å². The van der Waals surface area contributed by atoms with Gasteiger partial charge in [0.15, 0.2) is 0 Å². The van der Waals surface area contributed by atoms with Crippen molar-refractivity contribution in [3.8, 4) is 0 Å². The molecule has 0 unspecified atom stereocenters. The third-order valence-corrected chi connectivity index (χ3v) is 3.99. The molecule has 94 valence electrons. The molecular formula is C16H25N. The van der Waals surface area contributed by atoms with E-state index in [0.29, 0.717) is 5.54 Å². The van der Waals surface area contributed by atoms with Crippen LogP contribution in [0.4, 0.5) is 0 Å². The van der Waals surface area contributed by atoms with E-state index in [1.807, 2.05) is 0 Å². The van der Waals surface area contributed by atoms with Gasteiger partial charge in [-0.2, -0.15) is 0 Å². The molecule has 1 aliphatic heterocycles. The van der Waals surface area contributed by atoms with E-state index in [2.05, 4.69) is 56.9 Å². The second kappa shape index (κ2) is 4.81. The van der Waals surface area contributed by atoms with Crippen molar-refractivity contribution in [2.45, 2.75) is 52.0 Å². The molecule has 1 heterocycles. The van der Waals surface area contributed by atoms with Crippen molar-refractivity contribution in [1.82, 2.24) is 4.90 Å². The summed E-state index contributed by atoms with van der Waals surface area (Å²) in [7, 11) is 0. The monoisotopic (exact) mass is 231 g/mol. The van der Waals surface area contributed by atoms with Crippen molar-refractivity contribution in [3.05, 3.63) is 35.4 Å². The lowest BCUT2D eigenvalue weighted by molar-refractivity contribution is 0.102. The van der Waals surface area contributed by atoms with Gasteiger partial charge in [-0.25, -0.2) is 0 Å². The van der Waals surface area contributed by atoms with Crippen molar-refractivity contribution in [1.29, 1.82) is 0 Å². The third-order valence-electron chi connectivity index (χ3n) is 3.99.